The lowest BCUT2D eigenvalue weighted by atomic mass is 10.2. The average Bonchev–Trinajstić information content (AvgIpc) is 2.35. The second-order valence-corrected chi connectivity index (χ2v) is 7.11. The van der Waals surface area contributed by atoms with E-state index >= 15 is 0 Å². The Morgan fingerprint density at radius 3 is 2.33 bits per heavy atom. The first kappa shape index (κ1) is 15.8. The van der Waals surface area contributed by atoms with Crippen molar-refractivity contribution in [3.05, 3.63) is 45.9 Å². The second-order valence-electron chi connectivity index (χ2n) is 4.72. The fraction of sp³-hybridized carbons (Fsp3) is 0.143. The molecule has 0 fully saturated rings. The molecule has 0 aliphatic carbocycles. The molecule has 0 radical (unpaired) electrons. The van der Waals surface area contributed by atoms with Crippen molar-refractivity contribution in [2.24, 2.45) is 5.14 Å². The van der Waals surface area contributed by atoms with Crippen LogP contribution >= 0.6 is 15.9 Å². The van der Waals surface area contributed by atoms with Crippen molar-refractivity contribution in [2.45, 2.75) is 18.7 Å². The van der Waals surface area contributed by atoms with Crippen LogP contribution in [0, 0.1) is 13.8 Å². The molecule has 0 atom stereocenters. The van der Waals surface area contributed by atoms with Gasteiger partial charge in [-0.05, 0) is 53.5 Å². The van der Waals surface area contributed by atoms with E-state index in [2.05, 4.69) is 15.9 Å². The van der Waals surface area contributed by atoms with Gasteiger partial charge in [-0.2, -0.15) is 0 Å². The van der Waals surface area contributed by atoms with Crippen LogP contribution in [-0.4, -0.2) is 8.42 Å². The molecule has 0 heterocycles. The van der Waals surface area contributed by atoms with Gasteiger partial charge < -0.3 is 10.5 Å². The van der Waals surface area contributed by atoms with Crippen molar-refractivity contribution in [3.63, 3.8) is 0 Å². The summed E-state index contributed by atoms with van der Waals surface area (Å²) in [4.78, 5) is -0.0410. The predicted molar refractivity (Wildman–Crippen MR) is 85.9 cm³/mol. The molecule has 0 unspecified atom stereocenters. The second kappa shape index (κ2) is 5.67. The highest BCUT2D eigenvalue weighted by Crippen LogP contribution is 2.35. The molecule has 0 aliphatic rings. The van der Waals surface area contributed by atoms with E-state index < -0.39 is 10.0 Å². The first-order chi connectivity index (χ1) is 9.68. The van der Waals surface area contributed by atoms with E-state index in [0.717, 1.165) is 10.0 Å². The summed E-state index contributed by atoms with van der Waals surface area (Å²) in [6.07, 6.45) is 0. The number of aryl methyl sites for hydroxylation is 1. The minimum atomic E-state index is -3.86. The van der Waals surface area contributed by atoms with Crippen LogP contribution in [0.4, 0.5) is 5.69 Å². The number of nitrogens with two attached hydrogens (primary N) is 2. The third-order valence-corrected chi connectivity index (χ3v) is 4.61. The maximum atomic E-state index is 11.6. The highest BCUT2D eigenvalue weighted by molar-refractivity contribution is 9.10. The zero-order valence-electron chi connectivity index (χ0n) is 11.6. The van der Waals surface area contributed by atoms with Crippen molar-refractivity contribution < 1.29 is 13.2 Å². The number of halogens is 1. The van der Waals surface area contributed by atoms with Gasteiger partial charge in [0.05, 0.1) is 9.37 Å². The number of hydrogen-bond acceptors (Lipinski definition) is 4. The maximum absolute atomic E-state index is 11.6. The van der Waals surface area contributed by atoms with Crippen LogP contribution in [0.1, 0.15) is 11.1 Å². The molecule has 2 aromatic rings. The lowest BCUT2D eigenvalue weighted by Gasteiger charge is -2.14. The van der Waals surface area contributed by atoms with E-state index in [1.54, 1.807) is 19.1 Å². The van der Waals surface area contributed by atoms with Gasteiger partial charge in [0, 0.05) is 17.3 Å². The summed E-state index contributed by atoms with van der Waals surface area (Å²) in [6, 6.07) is 8.47. The van der Waals surface area contributed by atoms with Crippen molar-refractivity contribution >= 4 is 31.6 Å². The molecule has 4 N–H and O–H groups in total. The first-order valence-corrected chi connectivity index (χ1v) is 8.39. The number of rotatable bonds is 3. The standard InChI is InChI=1S/C14H15BrN2O3S/c1-8-3-4-12(11(15)5-8)20-13-6-10(16)7-14(9(13)2)21(17,18)19/h3-7H,16H2,1-2H3,(H2,17,18,19). The van der Waals surface area contributed by atoms with Gasteiger partial charge in [-0.15, -0.1) is 0 Å². The Balaban J connectivity index is 2.52. The third-order valence-electron chi connectivity index (χ3n) is 2.95. The van der Waals surface area contributed by atoms with Crippen molar-refractivity contribution in [1.29, 1.82) is 0 Å². The van der Waals surface area contributed by atoms with Crippen LogP contribution in [0.2, 0.25) is 0 Å². The number of primary sulfonamides is 1. The Kier molecular flexibility index (Phi) is 4.27. The Bertz CT molecular complexity index is 804. The predicted octanol–water partition coefficient (Wildman–Crippen LogP) is 3.09. The van der Waals surface area contributed by atoms with E-state index in [-0.39, 0.29) is 10.6 Å². The van der Waals surface area contributed by atoms with Gasteiger partial charge in [0.25, 0.3) is 0 Å². The Labute approximate surface area is 132 Å². The number of hydrogen-bond donors (Lipinski definition) is 2. The smallest absolute Gasteiger partial charge is 0.238 e. The summed E-state index contributed by atoms with van der Waals surface area (Å²) < 4.78 is 29.7. The average molecular weight is 371 g/mol. The summed E-state index contributed by atoms with van der Waals surface area (Å²) in [6.45, 7) is 3.58. The molecule has 0 saturated heterocycles. The maximum Gasteiger partial charge on any atom is 0.238 e. The van der Waals surface area contributed by atoms with Crippen molar-refractivity contribution in [3.8, 4) is 11.5 Å². The molecular weight excluding hydrogens is 356 g/mol. The molecular formula is C14H15BrN2O3S. The first-order valence-electron chi connectivity index (χ1n) is 6.05. The van der Waals surface area contributed by atoms with Gasteiger partial charge in [0.1, 0.15) is 11.5 Å². The summed E-state index contributed by atoms with van der Waals surface area (Å²) >= 11 is 3.41. The van der Waals surface area contributed by atoms with E-state index in [9.17, 15) is 8.42 Å². The lowest BCUT2D eigenvalue weighted by molar-refractivity contribution is 0.473. The Hall–Kier alpha value is -1.57. The van der Waals surface area contributed by atoms with Crippen molar-refractivity contribution in [1.82, 2.24) is 0 Å². The zero-order valence-corrected chi connectivity index (χ0v) is 14.0. The van der Waals surface area contributed by atoms with Crippen LogP contribution in [0.5, 0.6) is 11.5 Å². The largest absolute Gasteiger partial charge is 0.456 e. The molecule has 2 rings (SSSR count). The third kappa shape index (κ3) is 3.55. The molecule has 112 valence electrons. The molecule has 2 aromatic carbocycles. The minimum Gasteiger partial charge on any atom is -0.456 e. The van der Waals surface area contributed by atoms with Crippen LogP contribution in [0.25, 0.3) is 0 Å². The van der Waals surface area contributed by atoms with E-state index in [4.69, 9.17) is 15.6 Å². The van der Waals surface area contributed by atoms with Gasteiger partial charge in [-0.25, -0.2) is 13.6 Å². The Morgan fingerprint density at radius 2 is 1.76 bits per heavy atom. The molecule has 0 aliphatic heterocycles. The molecule has 7 heteroatoms. The fourth-order valence-corrected chi connectivity index (χ4v) is 3.29. The number of sulfonamides is 1. The molecule has 0 amide bonds. The van der Waals surface area contributed by atoms with Crippen LogP contribution in [-0.2, 0) is 10.0 Å². The summed E-state index contributed by atoms with van der Waals surface area (Å²) in [5.41, 5.74) is 7.48. The topological polar surface area (TPSA) is 95.4 Å². The lowest BCUT2D eigenvalue weighted by Crippen LogP contribution is -2.14. The molecule has 0 saturated carbocycles. The summed E-state index contributed by atoms with van der Waals surface area (Å²) in [5, 5.41) is 5.19. The summed E-state index contributed by atoms with van der Waals surface area (Å²) in [7, 11) is -3.86. The highest BCUT2D eigenvalue weighted by atomic mass is 79.9. The number of nitrogen functional groups attached to an aromatic ring is 1. The van der Waals surface area contributed by atoms with Crippen molar-refractivity contribution in [2.75, 3.05) is 5.73 Å². The monoisotopic (exact) mass is 370 g/mol. The molecule has 0 bridgehead atoms. The quantitative estimate of drug-likeness (QED) is 0.811. The van der Waals surface area contributed by atoms with Crippen LogP contribution < -0.4 is 15.6 Å². The number of benzene rings is 2. The van der Waals surface area contributed by atoms with Crippen LogP contribution in [0.15, 0.2) is 39.7 Å². The fourth-order valence-electron chi connectivity index (χ4n) is 1.89. The minimum absolute atomic E-state index is 0.0410. The zero-order chi connectivity index (χ0) is 15.8. The van der Waals surface area contributed by atoms with E-state index in [1.807, 2.05) is 19.1 Å². The highest BCUT2D eigenvalue weighted by Gasteiger charge is 2.17. The van der Waals surface area contributed by atoms with Gasteiger partial charge in [-0.3, -0.25) is 0 Å². The van der Waals surface area contributed by atoms with Gasteiger partial charge in [0.2, 0.25) is 10.0 Å². The Morgan fingerprint density at radius 1 is 1.10 bits per heavy atom. The molecule has 0 aromatic heterocycles. The molecule has 5 nitrogen and oxygen atoms in total. The van der Waals surface area contributed by atoms with Gasteiger partial charge in [0.15, 0.2) is 0 Å². The molecule has 0 spiro atoms. The van der Waals surface area contributed by atoms with Gasteiger partial charge >= 0.3 is 0 Å². The van der Waals surface area contributed by atoms with Crippen LogP contribution in [0.3, 0.4) is 0 Å². The van der Waals surface area contributed by atoms with E-state index in [1.165, 1.54) is 6.07 Å². The van der Waals surface area contributed by atoms with E-state index in [0.29, 0.717) is 17.1 Å². The number of ether oxygens (including phenoxy) is 1. The number of anilines is 1. The van der Waals surface area contributed by atoms with Gasteiger partial charge in [-0.1, -0.05) is 6.07 Å². The molecule has 21 heavy (non-hydrogen) atoms. The normalized spacial score (nSPS) is 11.4. The SMILES string of the molecule is Cc1ccc(Oc2cc(N)cc(S(N)(=O)=O)c2C)c(Br)c1. The summed E-state index contributed by atoms with van der Waals surface area (Å²) in [5.74, 6) is 0.915.